The fourth-order valence-corrected chi connectivity index (χ4v) is 0.955. The van der Waals surface area contributed by atoms with Crippen LogP contribution in [0.2, 0.25) is 0 Å². The van der Waals surface area contributed by atoms with E-state index in [4.69, 9.17) is 4.74 Å². The maximum atomic E-state index is 5.44. The van der Waals surface area contributed by atoms with Crippen molar-refractivity contribution in [3.63, 3.8) is 0 Å². The van der Waals surface area contributed by atoms with E-state index in [0.717, 1.165) is 5.71 Å². The first kappa shape index (κ1) is 9.93. The maximum absolute atomic E-state index is 5.44. The van der Waals surface area contributed by atoms with Crippen LogP contribution in [0.1, 0.15) is 12.5 Å². The van der Waals surface area contributed by atoms with E-state index < -0.39 is 0 Å². The number of rotatable bonds is 4. The van der Waals surface area contributed by atoms with Crippen molar-refractivity contribution in [2.45, 2.75) is 13.5 Å². The monoisotopic (exact) mass is 177 g/mol. The molecule has 2 nitrogen and oxygen atoms in total. The second-order valence-electron chi connectivity index (χ2n) is 2.94. The minimum Gasteiger partial charge on any atom is -0.371 e. The summed E-state index contributed by atoms with van der Waals surface area (Å²) in [4.78, 5) is 4.01. The molecule has 0 bridgehead atoms. The first-order valence-electron chi connectivity index (χ1n) is 4.37. The van der Waals surface area contributed by atoms with Gasteiger partial charge in [-0.3, -0.25) is 4.99 Å². The summed E-state index contributed by atoms with van der Waals surface area (Å²) >= 11 is 0. The predicted octanol–water partition coefficient (Wildman–Crippen LogP) is 2.29. The molecule has 1 rings (SSSR count). The molecule has 70 valence electrons. The van der Waals surface area contributed by atoms with Gasteiger partial charge in [0.05, 0.1) is 13.2 Å². The standard InChI is InChI=1S/C11H15NO/c1-10(12-2)8-13-9-11-6-4-3-5-7-11/h3-7H,8-9H2,1-2H3. The molecule has 0 saturated carbocycles. The lowest BCUT2D eigenvalue weighted by atomic mass is 10.2. The van der Waals surface area contributed by atoms with Crippen molar-refractivity contribution in [3.05, 3.63) is 35.9 Å². The highest BCUT2D eigenvalue weighted by molar-refractivity contribution is 5.82. The van der Waals surface area contributed by atoms with Crippen LogP contribution < -0.4 is 0 Å². The summed E-state index contributed by atoms with van der Waals surface area (Å²) in [6, 6.07) is 10.1. The van der Waals surface area contributed by atoms with Crippen molar-refractivity contribution in [2.75, 3.05) is 13.7 Å². The topological polar surface area (TPSA) is 21.6 Å². The van der Waals surface area contributed by atoms with E-state index in [2.05, 4.69) is 17.1 Å². The summed E-state index contributed by atoms with van der Waals surface area (Å²) in [6.07, 6.45) is 0. The van der Waals surface area contributed by atoms with Crippen LogP contribution in [-0.4, -0.2) is 19.4 Å². The van der Waals surface area contributed by atoms with Crippen LogP contribution in [0.5, 0.6) is 0 Å². The second-order valence-corrected chi connectivity index (χ2v) is 2.94. The molecule has 1 aromatic rings. The van der Waals surface area contributed by atoms with Crippen LogP contribution in [0.3, 0.4) is 0 Å². The SMILES string of the molecule is CN=C(C)COCc1ccccc1. The zero-order chi connectivity index (χ0) is 9.52. The minimum absolute atomic E-state index is 0.616. The maximum Gasteiger partial charge on any atom is 0.0845 e. The summed E-state index contributed by atoms with van der Waals surface area (Å²) in [6.45, 7) is 3.24. The van der Waals surface area contributed by atoms with Crippen molar-refractivity contribution in [2.24, 2.45) is 4.99 Å². The molecule has 0 saturated heterocycles. The van der Waals surface area contributed by atoms with Crippen LogP contribution >= 0.6 is 0 Å². The molecule has 0 radical (unpaired) electrons. The third-order valence-electron chi connectivity index (χ3n) is 1.80. The van der Waals surface area contributed by atoms with E-state index in [9.17, 15) is 0 Å². The smallest absolute Gasteiger partial charge is 0.0845 e. The molecule has 0 aromatic heterocycles. The summed E-state index contributed by atoms with van der Waals surface area (Å²) in [5.74, 6) is 0. The molecule has 0 spiro atoms. The van der Waals surface area contributed by atoms with Gasteiger partial charge in [0.25, 0.3) is 0 Å². The van der Waals surface area contributed by atoms with E-state index in [0.29, 0.717) is 13.2 Å². The average Bonchev–Trinajstić information content (AvgIpc) is 2.19. The van der Waals surface area contributed by atoms with E-state index in [1.807, 2.05) is 25.1 Å². The van der Waals surface area contributed by atoms with Crippen molar-refractivity contribution < 1.29 is 4.74 Å². The molecular formula is C11H15NO. The van der Waals surface area contributed by atoms with Gasteiger partial charge in [-0.25, -0.2) is 0 Å². The normalized spacial score (nSPS) is 11.7. The summed E-state index contributed by atoms with van der Waals surface area (Å²) in [7, 11) is 1.78. The van der Waals surface area contributed by atoms with Gasteiger partial charge >= 0.3 is 0 Å². The highest BCUT2D eigenvalue weighted by atomic mass is 16.5. The lowest BCUT2D eigenvalue weighted by Gasteiger charge is -2.02. The second kappa shape index (κ2) is 5.49. The third kappa shape index (κ3) is 3.85. The predicted molar refractivity (Wildman–Crippen MR) is 55.1 cm³/mol. The highest BCUT2D eigenvalue weighted by Crippen LogP contribution is 2.00. The molecule has 0 atom stereocenters. The molecule has 0 aliphatic rings. The van der Waals surface area contributed by atoms with E-state index >= 15 is 0 Å². The van der Waals surface area contributed by atoms with Gasteiger partial charge in [0, 0.05) is 12.8 Å². The largest absolute Gasteiger partial charge is 0.371 e. The van der Waals surface area contributed by atoms with Gasteiger partial charge in [0.2, 0.25) is 0 Å². The Kier molecular flexibility index (Phi) is 4.19. The molecule has 0 fully saturated rings. The fraction of sp³-hybridized carbons (Fsp3) is 0.364. The van der Waals surface area contributed by atoms with Gasteiger partial charge in [0.15, 0.2) is 0 Å². The third-order valence-corrected chi connectivity index (χ3v) is 1.80. The van der Waals surface area contributed by atoms with Gasteiger partial charge in [-0.2, -0.15) is 0 Å². The first-order chi connectivity index (χ1) is 6.33. The van der Waals surface area contributed by atoms with Gasteiger partial charge in [-0.15, -0.1) is 0 Å². The number of hydrogen-bond acceptors (Lipinski definition) is 2. The molecular weight excluding hydrogens is 162 g/mol. The number of benzene rings is 1. The van der Waals surface area contributed by atoms with Gasteiger partial charge < -0.3 is 4.74 Å². The molecule has 0 aliphatic heterocycles. The molecule has 0 N–H and O–H groups in total. The van der Waals surface area contributed by atoms with E-state index in [1.165, 1.54) is 5.56 Å². The van der Waals surface area contributed by atoms with Crippen LogP contribution in [0, 0.1) is 0 Å². The molecule has 13 heavy (non-hydrogen) atoms. The Morgan fingerprint density at radius 2 is 2.00 bits per heavy atom. The lowest BCUT2D eigenvalue weighted by molar-refractivity contribution is 0.157. The minimum atomic E-state index is 0.616. The van der Waals surface area contributed by atoms with Crippen LogP contribution in [0.25, 0.3) is 0 Å². The Morgan fingerprint density at radius 1 is 1.31 bits per heavy atom. The Hall–Kier alpha value is -1.15. The Bertz CT molecular complexity index is 267. The zero-order valence-electron chi connectivity index (χ0n) is 8.16. The Labute approximate surface area is 79.3 Å². The van der Waals surface area contributed by atoms with E-state index in [-0.39, 0.29) is 0 Å². The van der Waals surface area contributed by atoms with Gasteiger partial charge in [-0.05, 0) is 12.5 Å². The van der Waals surface area contributed by atoms with Gasteiger partial charge in [0.1, 0.15) is 0 Å². The molecule has 0 unspecified atom stereocenters. The molecule has 0 amide bonds. The number of hydrogen-bond donors (Lipinski definition) is 0. The first-order valence-corrected chi connectivity index (χ1v) is 4.37. The van der Waals surface area contributed by atoms with Crippen molar-refractivity contribution in [3.8, 4) is 0 Å². The molecule has 1 aromatic carbocycles. The van der Waals surface area contributed by atoms with Crippen molar-refractivity contribution in [1.29, 1.82) is 0 Å². The number of aliphatic imine (C=N–C) groups is 1. The van der Waals surface area contributed by atoms with Crippen LogP contribution in [0.15, 0.2) is 35.3 Å². The molecule has 2 heteroatoms. The number of nitrogens with zero attached hydrogens (tertiary/aromatic N) is 1. The Morgan fingerprint density at radius 3 is 2.62 bits per heavy atom. The molecule has 0 heterocycles. The summed E-state index contributed by atoms with van der Waals surface area (Å²) in [5.41, 5.74) is 2.22. The highest BCUT2D eigenvalue weighted by Gasteiger charge is 1.92. The quantitative estimate of drug-likeness (QED) is 0.647. The van der Waals surface area contributed by atoms with Crippen molar-refractivity contribution >= 4 is 5.71 Å². The average molecular weight is 177 g/mol. The van der Waals surface area contributed by atoms with E-state index in [1.54, 1.807) is 7.05 Å². The lowest BCUT2D eigenvalue weighted by Crippen LogP contribution is -2.04. The van der Waals surface area contributed by atoms with Crippen LogP contribution in [0.4, 0.5) is 0 Å². The number of ether oxygens (including phenoxy) is 1. The summed E-state index contributed by atoms with van der Waals surface area (Å²) in [5, 5.41) is 0. The summed E-state index contributed by atoms with van der Waals surface area (Å²) < 4.78 is 5.44. The Balaban J connectivity index is 2.28. The van der Waals surface area contributed by atoms with Crippen LogP contribution in [-0.2, 0) is 11.3 Å². The van der Waals surface area contributed by atoms with Gasteiger partial charge in [-0.1, -0.05) is 30.3 Å². The fourth-order valence-electron chi connectivity index (χ4n) is 0.955. The molecule has 0 aliphatic carbocycles. The van der Waals surface area contributed by atoms with Crippen molar-refractivity contribution in [1.82, 2.24) is 0 Å². The zero-order valence-corrected chi connectivity index (χ0v) is 8.16.